The van der Waals surface area contributed by atoms with Crippen LogP contribution in [0, 0.1) is 23.7 Å². The number of anilines is 1. The van der Waals surface area contributed by atoms with E-state index in [1.807, 2.05) is 0 Å². The summed E-state index contributed by atoms with van der Waals surface area (Å²) < 4.78 is 1.63. The molecule has 0 aliphatic heterocycles. The van der Waals surface area contributed by atoms with Crippen LogP contribution in [0.25, 0.3) is 0 Å². The van der Waals surface area contributed by atoms with Crippen LogP contribution in [0.5, 0.6) is 0 Å². The predicted octanol–water partition coefficient (Wildman–Crippen LogP) is 7.26. The van der Waals surface area contributed by atoms with Crippen LogP contribution in [0.1, 0.15) is 129 Å². The van der Waals surface area contributed by atoms with Crippen molar-refractivity contribution < 1.29 is 0 Å². The van der Waals surface area contributed by atoms with Crippen LogP contribution >= 0.6 is 0 Å². The molecular weight excluding hydrogens is 406 g/mol. The minimum atomic E-state index is -0.250. The van der Waals surface area contributed by atoms with Gasteiger partial charge in [-0.3, -0.25) is 4.57 Å². The zero-order valence-corrected chi connectivity index (χ0v) is 21.2. The normalized spacial score (nSPS) is 10.3. The molecule has 0 fully saturated rings. The van der Waals surface area contributed by atoms with E-state index in [-0.39, 0.29) is 11.5 Å². The summed E-state index contributed by atoms with van der Waals surface area (Å²) in [4.78, 5) is 15.4. The molecule has 2 N–H and O–H groups in total. The number of nitrogen functional groups attached to an aromatic ring is 1. The number of hydrogen-bond acceptors (Lipinski definition) is 3. The number of aryl methyl sites for hydroxylation is 1. The van der Waals surface area contributed by atoms with E-state index in [0.29, 0.717) is 0 Å². The third-order valence-corrected chi connectivity index (χ3v) is 5.99. The second-order valence-electron chi connectivity index (χ2n) is 9.09. The maximum atomic E-state index is 11.6. The fraction of sp³-hybridized carbons (Fsp3) is 0.724. The Labute approximate surface area is 203 Å². The first kappa shape index (κ1) is 28.8. The number of hydrogen-bond donors (Lipinski definition) is 1. The molecule has 1 aromatic rings. The van der Waals surface area contributed by atoms with E-state index in [0.717, 1.165) is 32.2 Å². The molecular formula is C29H47N3O. The average Bonchev–Trinajstić information content (AvgIpc) is 2.80. The number of nitrogens with zero attached hydrogens (tertiary/aromatic N) is 2. The third-order valence-electron chi connectivity index (χ3n) is 5.99. The molecule has 0 radical (unpaired) electrons. The van der Waals surface area contributed by atoms with Crippen LogP contribution in [0.3, 0.4) is 0 Å². The van der Waals surface area contributed by atoms with Gasteiger partial charge >= 0.3 is 5.69 Å². The van der Waals surface area contributed by atoms with E-state index in [1.165, 1.54) is 96.3 Å². The molecule has 0 aromatic carbocycles. The van der Waals surface area contributed by atoms with Crippen molar-refractivity contribution in [3.63, 3.8) is 0 Å². The van der Waals surface area contributed by atoms with Gasteiger partial charge in [0.25, 0.3) is 0 Å². The molecule has 0 atom stereocenters. The van der Waals surface area contributed by atoms with Gasteiger partial charge in [0.1, 0.15) is 5.82 Å². The Hall–Kier alpha value is -2.20. The maximum absolute atomic E-state index is 11.6. The van der Waals surface area contributed by atoms with Gasteiger partial charge in [0.2, 0.25) is 0 Å². The van der Waals surface area contributed by atoms with Gasteiger partial charge in [-0.25, -0.2) is 4.79 Å². The van der Waals surface area contributed by atoms with Gasteiger partial charge in [0, 0.05) is 25.6 Å². The first-order chi connectivity index (χ1) is 16.2. The minimum absolute atomic E-state index is 0.250. The van der Waals surface area contributed by atoms with E-state index in [9.17, 15) is 4.79 Å². The summed E-state index contributed by atoms with van der Waals surface area (Å²) in [7, 11) is 0. The van der Waals surface area contributed by atoms with Crippen molar-refractivity contribution in [3.8, 4) is 23.7 Å². The molecule has 0 aliphatic carbocycles. The molecule has 1 rings (SSSR count). The predicted molar refractivity (Wildman–Crippen MR) is 142 cm³/mol. The quantitative estimate of drug-likeness (QED) is 0.177. The van der Waals surface area contributed by atoms with Gasteiger partial charge in [0.15, 0.2) is 0 Å². The lowest BCUT2D eigenvalue weighted by Crippen LogP contribution is -2.23. The van der Waals surface area contributed by atoms with Gasteiger partial charge in [-0.2, -0.15) is 4.98 Å². The molecule has 0 saturated heterocycles. The first-order valence-electron chi connectivity index (χ1n) is 13.5. The molecule has 4 nitrogen and oxygen atoms in total. The van der Waals surface area contributed by atoms with Crippen molar-refractivity contribution in [2.24, 2.45) is 0 Å². The van der Waals surface area contributed by atoms with Gasteiger partial charge in [0.05, 0.1) is 0 Å². The third kappa shape index (κ3) is 18.0. The minimum Gasteiger partial charge on any atom is -0.383 e. The second-order valence-corrected chi connectivity index (χ2v) is 9.09. The first-order valence-corrected chi connectivity index (χ1v) is 13.5. The SMILES string of the molecule is CCCCCCCCCCCCC#CC#CCCCCCCCCCn1ccc(N)nc1=O. The van der Waals surface area contributed by atoms with E-state index in [4.69, 9.17) is 5.73 Å². The highest BCUT2D eigenvalue weighted by Gasteiger charge is 1.98. The highest BCUT2D eigenvalue weighted by molar-refractivity contribution is 5.25. The lowest BCUT2D eigenvalue weighted by Gasteiger charge is -2.05. The van der Waals surface area contributed by atoms with Crippen molar-refractivity contribution in [2.45, 2.75) is 135 Å². The summed E-state index contributed by atoms with van der Waals surface area (Å²) in [5.74, 6) is 12.7. The Morgan fingerprint density at radius 1 is 0.727 bits per heavy atom. The average molecular weight is 454 g/mol. The van der Waals surface area contributed by atoms with Gasteiger partial charge in [-0.1, -0.05) is 109 Å². The fourth-order valence-electron chi connectivity index (χ4n) is 3.91. The van der Waals surface area contributed by atoms with E-state index >= 15 is 0 Å². The maximum Gasteiger partial charge on any atom is 0.349 e. The summed E-state index contributed by atoms with van der Waals surface area (Å²) in [6, 6.07) is 1.68. The topological polar surface area (TPSA) is 60.9 Å². The van der Waals surface area contributed by atoms with Crippen LogP contribution in [0.15, 0.2) is 17.1 Å². The van der Waals surface area contributed by atoms with Crippen LogP contribution in [0.2, 0.25) is 0 Å². The molecule has 0 saturated carbocycles. The summed E-state index contributed by atoms with van der Waals surface area (Å²) in [5.41, 5.74) is 5.25. The molecule has 0 bridgehead atoms. The Balaban J connectivity index is 1.83. The number of unbranched alkanes of at least 4 members (excludes halogenated alkanes) is 17. The largest absolute Gasteiger partial charge is 0.383 e. The molecule has 0 aliphatic rings. The fourth-order valence-corrected chi connectivity index (χ4v) is 3.91. The molecule has 1 heterocycles. The smallest absolute Gasteiger partial charge is 0.349 e. The van der Waals surface area contributed by atoms with E-state index in [2.05, 4.69) is 35.6 Å². The van der Waals surface area contributed by atoms with Gasteiger partial charge < -0.3 is 5.73 Å². The standard InChI is InChI=1S/C29H47N3O/c1-2-3-4-5-6-7-8-9-10-11-12-13-14-15-16-17-18-19-20-21-22-23-24-26-32-27-25-28(30)31-29(32)33/h25,27H,2-12,17-24,26H2,1H3,(H2,30,31,33). The second kappa shape index (κ2) is 21.6. The van der Waals surface area contributed by atoms with Crippen molar-refractivity contribution in [2.75, 3.05) is 5.73 Å². The van der Waals surface area contributed by atoms with Crippen molar-refractivity contribution in [3.05, 3.63) is 22.7 Å². The molecule has 184 valence electrons. The zero-order chi connectivity index (χ0) is 23.8. The van der Waals surface area contributed by atoms with Crippen LogP contribution in [0.4, 0.5) is 5.82 Å². The van der Waals surface area contributed by atoms with Gasteiger partial charge in [-0.05, 0) is 37.2 Å². The lowest BCUT2D eigenvalue weighted by atomic mass is 10.1. The molecule has 0 amide bonds. The number of nitrogens with two attached hydrogens (primary N) is 1. The van der Waals surface area contributed by atoms with Crippen molar-refractivity contribution >= 4 is 5.82 Å². The van der Waals surface area contributed by atoms with E-state index in [1.54, 1.807) is 16.8 Å². The Morgan fingerprint density at radius 3 is 1.67 bits per heavy atom. The summed E-state index contributed by atoms with van der Waals surface area (Å²) in [6.45, 7) is 3.00. The summed E-state index contributed by atoms with van der Waals surface area (Å²) in [6.07, 6.45) is 25.7. The van der Waals surface area contributed by atoms with Gasteiger partial charge in [-0.15, -0.1) is 0 Å². The summed E-state index contributed by atoms with van der Waals surface area (Å²) >= 11 is 0. The van der Waals surface area contributed by atoms with Crippen molar-refractivity contribution in [1.82, 2.24) is 9.55 Å². The number of aromatic nitrogens is 2. The number of rotatable bonds is 19. The Bertz CT molecular complexity index is 776. The van der Waals surface area contributed by atoms with E-state index < -0.39 is 0 Å². The summed E-state index contributed by atoms with van der Waals surface area (Å²) in [5, 5.41) is 0. The lowest BCUT2D eigenvalue weighted by molar-refractivity contribution is 0.536. The Kier molecular flexibility index (Phi) is 18.9. The van der Waals surface area contributed by atoms with Crippen LogP contribution in [-0.4, -0.2) is 9.55 Å². The highest BCUT2D eigenvalue weighted by Crippen LogP contribution is 2.11. The Morgan fingerprint density at radius 2 is 1.18 bits per heavy atom. The molecule has 33 heavy (non-hydrogen) atoms. The molecule has 1 aromatic heterocycles. The van der Waals surface area contributed by atoms with Crippen LogP contribution < -0.4 is 11.4 Å². The molecule has 0 unspecified atom stereocenters. The monoisotopic (exact) mass is 453 g/mol. The van der Waals surface area contributed by atoms with Crippen molar-refractivity contribution in [1.29, 1.82) is 0 Å². The van der Waals surface area contributed by atoms with Crippen LogP contribution in [-0.2, 0) is 6.54 Å². The molecule has 4 heteroatoms. The highest BCUT2D eigenvalue weighted by atomic mass is 16.1. The zero-order valence-electron chi connectivity index (χ0n) is 21.2. The molecule has 0 spiro atoms.